The first-order valence-corrected chi connectivity index (χ1v) is 6.18. The Bertz CT molecular complexity index is 436. The van der Waals surface area contributed by atoms with E-state index in [2.05, 4.69) is 24.0 Å². The van der Waals surface area contributed by atoms with Gasteiger partial charge in [-0.05, 0) is 24.0 Å². The van der Waals surface area contributed by atoms with Crippen molar-refractivity contribution in [2.24, 2.45) is 0 Å². The predicted molar refractivity (Wildman–Crippen MR) is 65.1 cm³/mol. The molecular weight excluding hydrogens is 214 g/mol. The average molecular weight is 226 g/mol. The van der Waals surface area contributed by atoms with Crippen molar-refractivity contribution in [3.63, 3.8) is 0 Å². The minimum absolute atomic E-state index is 0.825. The highest BCUT2D eigenvalue weighted by atomic mass is 35.5. The molecule has 1 aromatic carbocycles. The molecule has 14 heavy (non-hydrogen) atoms. The highest BCUT2D eigenvalue weighted by molar-refractivity contribution is 7.98. The Balaban J connectivity index is 2.36. The Morgan fingerprint density at radius 2 is 2.29 bits per heavy atom. The lowest BCUT2D eigenvalue weighted by molar-refractivity contribution is 1.26. The Morgan fingerprint density at radius 3 is 3.00 bits per heavy atom. The molecule has 0 bridgehead atoms. The number of H-pyrrole nitrogens is 1. The van der Waals surface area contributed by atoms with E-state index in [9.17, 15) is 0 Å². The largest absolute Gasteiger partial charge is 0.358 e. The van der Waals surface area contributed by atoms with Crippen LogP contribution in [0.5, 0.6) is 0 Å². The second-order valence-corrected chi connectivity index (χ2v) is 4.81. The molecular formula is C11H12ClNS. The van der Waals surface area contributed by atoms with Crippen molar-refractivity contribution in [1.82, 2.24) is 4.98 Å². The standard InChI is InChI=1S/C11H12ClNS/c1-2-14-7-8-6-9-10(12)4-3-5-11(9)13-8/h3-6,13H,2,7H2,1H3. The molecule has 0 spiro atoms. The molecule has 0 atom stereocenters. The number of thioether (sulfide) groups is 1. The first kappa shape index (κ1) is 9.94. The maximum absolute atomic E-state index is 6.08. The minimum Gasteiger partial charge on any atom is -0.358 e. The lowest BCUT2D eigenvalue weighted by Crippen LogP contribution is -1.78. The van der Waals surface area contributed by atoms with Gasteiger partial charge in [0.05, 0.1) is 0 Å². The Kier molecular flexibility index (Phi) is 3.04. The van der Waals surface area contributed by atoms with Gasteiger partial charge in [-0.3, -0.25) is 0 Å². The lowest BCUT2D eigenvalue weighted by Gasteiger charge is -1.92. The van der Waals surface area contributed by atoms with Crippen LogP contribution >= 0.6 is 23.4 Å². The van der Waals surface area contributed by atoms with Gasteiger partial charge >= 0.3 is 0 Å². The summed E-state index contributed by atoms with van der Waals surface area (Å²) in [5, 5.41) is 1.95. The predicted octanol–water partition coefficient (Wildman–Crippen LogP) is 4.07. The van der Waals surface area contributed by atoms with Crippen molar-refractivity contribution in [2.75, 3.05) is 5.75 Å². The van der Waals surface area contributed by atoms with E-state index in [0.29, 0.717) is 0 Å². The third-order valence-electron chi connectivity index (χ3n) is 2.13. The summed E-state index contributed by atoms with van der Waals surface area (Å²) in [5.41, 5.74) is 2.38. The van der Waals surface area contributed by atoms with Gasteiger partial charge in [-0.1, -0.05) is 24.6 Å². The van der Waals surface area contributed by atoms with Crippen molar-refractivity contribution in [3.05, 3.63) is 35.0 Å². The summed E-state index contributed by atoms with van der Waals surface area (Å²) < 4.78 is 0. The Labute approximate surface area is 92.8 Å². The summed E-state index contributed by atoms with van der Waals surface area (Å²) in [7, 11) is 0. The molecule has 0 radical (unpaired) electrons. The summed E-state index contributed by atoms with van der Waals surface area (Å²) in [6, 6.07) is 8.09. The Hall–Kier alpha value is -0.600. The number of hydrogen-bond donors (Lipinski definition) is 1. The van der Waals surface area contributed by atoms with Crippen LogP contribution in [0.4, 0.5) is 0 Å². The van der Waals surface area contributed by atoms with Gasteiger partial charge in [0, 0.05) is 27.4 Å². The van der Waals surface area contributed by atoms with Crippen LogP contribution in [-0.2, 0) is 5.75 Å². The number of aromatic nitrogens is 1. The molecule has 2 rings (SSSR count). The summed E-state index contributed by atoms with van der Waals surface area (Å²) >= 11 is 7.99. The van der Waals surface area contributed by atoms with Gasteiger partial charge in [0.15, 0.2) is 0 Å². The first-order valence-electron chi connectivity index (χ1n) is 4.65. The zero-order chi connectivity index (χ0) is 9.97. The summed E-state index contributed by atoms with van der Waals surface area (Å²) in [4.78, 5) is 3.37. The molecule has 0 amide bonds. The van der Waals surface area contributed by atoms with Gasteiger partial charge in [0.25, 0.3) is 0 Å². The smallest absolute Gasteiger partial charge is 0.0499 e. The van der Waals surface area contributed by atoms with E-state index in [0.717, 1.165) is 27.4 Å². The molecule has 0 unspecified atom stereocenters. The van der Waals surface area contributed by atoms with Gasteiger partial charge in [-0.15, -0.1) is 0 Å². The van der Waals surface area contributed by atoms with Crippen molar-refractivity contribution in [2.45, 2.75) is 12.7 Å². The van der Waals surface area contributed by atoms with Gasteiger partial charge in [-0.25, -0.2) is 0 Å². The van der Waals surface area contributed by atoms with Crippen molar-refractivity contribution >= 4 is 34.3 Å². The van der Waals surface area contributed by atoms with Gasteiger partial charge < -0.3 is 4.98 Å². The third kappa shape index (κ3) is 1.91. The second kappa shape index (κ2) is 4.28. The maximum Gasteiger partial charge on any atom is 0.0499 e. The molecule has 1 nitrogen and oxygen atoms in total. The highest BCUT2D eigenvalue weighted by Gasteiger charge is 2.02. The number of halogens is 1. The minimum atomic E-state index is 0.825. The average Bonchev–Trinajstić information content (AvgIpc) is 2.59. The molecule has 0 fully saturated rings. The zero-order valence-corrected chi connectivity index (χ0v) is 9.58. The van der Waals surface area contributed by atoms with Crippen LogP contribution < -0.4 is 0 Å². The number of hydrogen-bond acceptors (Lipinski definition) is 1. The molecule has 0 aliphatic heterocycles. The van der Waals surface area contributed by atoms with E-state index >= 15 is 0 Å². The molecule has 1 aromatic heterocycles. The van der Waals surface area contributed by atoms with Gasteiger partial charge in [0.2, 0.25) is 0 Å². The lowest BCUT2D eigenvalue weighted by atomic mass is 10.2. The SMILES string of the molecule is CCSCc1cc2c(Cl)cccc2[nH]1. The first-order chi connectivity index (χ1) is 6.81. The van der Waals surface area contributed by atoms with E-state index in [1.807, 2.05) is 23.9 Å². The summed E-state index contributed by atoms with van der Waals surface area (Å²) in [6.07, 6.45) is 0. The van der Waals surface area contributed by atoms with Crippen LogP contribution in [-0.4, -0.2) is 10.7 Å². The maximum atomic E-state index is 6.08. The number of nitrogens with one attached hydrogen (secondary N) is 1. The number of aromatic amines is 1. The fourth-order valence-corrected chi connectivity index (χ4v) is 2.27. The normalized spacial score (nSPS) is 11.0. The number of fused-ring (bicyclic) bond motifs is 1. The van der Waals surface area contributed by atoms with Crippen LogP contribution in [0.25, 0.3) is 10.9 Å². The van der Waals surface area contributed by atoms with E-state index < -0.39 is 0 Å². The Morgan fingerprint density at radius 1 is 1.43 bits per heavy atom. The van der Waals surface area contributed by atoms with Crippen LogP contribution in [0.3, 0.4) is 0 Å². The third-order valence-corrected chi connectivity index (χ3v) is 3.38. The monoisotopic (exact) mass is 225 g/mol. The van der Waals surface area contributed by atoms with Crippen LogP contribution in [0, 0.1) is 0 Å². The molecule has 0 aliphatic rings. The van der Waals surface area contributed by atoms with E-state index in [4.69, 9.17) is 11.6 Å². The van der Waals surface area contributed by atoms with E-state index in [1.165, 1.54) is 5.69 Å². The highest BCUT2D eigenvalue weighted by Crippen LogP contribution is 2.25. The van der Waals surface area contributed by atoms with Gasteiger partial charge in [0.1, 0.15) is 0 Å². The molecule has 1 N–H and O–H groups in total. The molecule has 1 heterocycles. The molecule has 0 saturated carbocycles. The van der Waals surface area contributed by atoms with E-state index in [-0.39, 0.29) is 0 Å². The zero-order valence-electron chi connectivity index (χ0n) is 8.01. The van der Waals surface area contributed by atoms with Crippen LogP contribution in [0.1, 0.15) is 12.6 Å². The van der Waals surface area contributed by atoms with Crippen molar-refractivity contribution < 1.29 is 0 Å². The van der Waals surface area contributed by atoms with Crippen LogP contribution in [0.2, 0.25) is 5.02 Å². The van der Waals surface area contributed by atoms with Gasteiger partial charge in [-0.2, -0.15) is 11.8 Å². The topological polar surface area (TPSA) is 15.8 Å². The number of rotatable bonds is 3. The fraction of sp³-hybridized carbons (Fsp3) is 0.273. The molecule has 0 aliphatic carbocycles. The molecule has 3 heteroatoms. The van der Waals surface area contributed by atoms with Crippen molar-refractivity contribution in [3.8, 4) is 0 Å². The second-order valence-electron chi connectivity index (χ2n) is 3.13. The quantitative estimate of drug-likeness (QED) is 0.833. The summed E-state index contributed by atoms with van der Waals surface area (Å²) in [6.45, 7) is 2.17. The molecule has 74 valence electrons. The van der Waals surface area contributed by atoms with Crippen LogP contribution in [0.15, 0.2) is 24.3 Å². The number of benzene rings is 1. The van der Waals surface area contributed by atoms with E-state index in [1.54, 1.807) is 0 Å². The van der Waals surface area contributed by atoms with Crippen molar-refractivity contribution in [1.29, 1.82) is 0 Å². The molecule has 0 saturated heterocycles. The fourth-order valence-electron chi connectivity index (χ4n) is 1.47. The molecule has 2 aromatic rings. The summed E-state index contributed by atoms with van der Waals surface area (Å²) in [5.74, 6) is 2.17.